The number of rotatable bonds is 8. The minimum absolute atomic E-state index is 0.244. The molecule has 0 aliphatic rings. The molecule has 0 amide bonds. The van der Waals surface area contributed by atoms with Crippen molar-refractivity contribution < 1.29 is 14.6 Å². The topological polar surface area (TPSA) is 50.7 Å². The zero-order valence-corrected chi connectivity index (χ0v) is 12.5. The predicted molar refractivity (Wildman–Crippen MR) is 77.2 cm³/mol. The first-order valence-electron chi connectivity index (χ1n) is 6.38. The highest BCUT2D eigenvalue weighted by Crippen LogP contribution is 2.37. The largest absolute Gasteiger partial charge is 0.493 e. The second-order valence-corrected chi connectivity index (χ2v) is 4.82. The third-order valence-electron chi connectivity index (χ3n) is 2.86. The molecule has 1 atom stereocenters. The average Bonchev–Trinajstić information content (AvgIpc) is 2.39. The average molecular weight is 288 g/mol. The van der Waals surface area contributed by atoms with Crippen LogP contribution < -0.4 is 14.8 Å². The van der Waals surface area contributed by atoms with E-state index in [9.17, 15) is 0 Å². The van der Waals surface area contributed by atoms with E-state index in [0.29, 0.717) is 23.1 Å². The van der Waals surface area contributed by atoms with Gasteiger partial charge in [-0.25, -0.2) is 0 Å². The van der Waals surface area contributed by atoms with E-state index < -0.39 is 0 Å². The van der Waals surface area contributed by atoms with Crippen molar-refractivity contribution in [1.29, 1.82) is 0 Å². The van der Waals surface area contributed by atoms with Gasteiger partial charge in [-0.3, -0.25) is 0 Å². The SMILES string of the molecule is COc1ccc(CNCCCC(C)O)c(Cl)c1OC. The lowest BCUT2D eigenvalue weighted by molar-refractivity contribution is 0.181. The molecule has 108 valence electrons. The standard InChI is InChI=1S/C14H22ClNO3/c1-10(17)5-4-8-16-9-11-6-7-12(18-2)14(19-3)13(11)15/h6-7,10,16-17H,4-5,8-9H2,1-3H3. The number of hydrogen-bond donors (Lipinski definition) is 2. The van der Waals surface area contributed by atoms with E-state index in [2.05, 4.69) is 5.32 Å². The van der Waals surface area contributed by atoms with Crippen molar-refractivity contribution in [2.75, 3.05) is 20.8 Å². The highest BCUT2D eigenvalue weighted by Gasteiger charge is 2.12. The Kier molecular flexibility index (Phi) is 6.99. The summed E-state index contributed by atoms with van der Waals surface area (Å²) in [5.74, 6) is 1.19. The molecule has 19 heavy (non-hydrogen) atoms. The number of ether oxygens (including phenoxy) is 2. The summed E-state index contributed by atoms with van der Waals surface area (Å²) in [4.78, 5) is 0. The van der Waals surface area contributed by atoms with Gasteiger partial charge < -0.3 is 19.9 Å². The van der Waals surface area contributed by atoms with Gasteiger partial charge in [0.2, 0.25) is 0 Å². The lowest BCUT2D eigenvalue weighted by Crippen LogP contribution is -2.16. The molecule has 0 aliphatic carbocycles. The maximum atomic E-state index is 9.16. The molecule has 0 bridgehead atoms. The van der Waals surface area contributed by atoms with Crippen LogP contribution >= 0.6 is 11.6 Å². The maximum Gasteiger partial charge on any atom is 0.179 e. The monoisotopic (exact) mass is 287 g/mol. The Bertz CT molecular complexity index is 397. The number of aliphatic hydroxyl groups is 1. The number of nitrogens with one attached hydrogen (secondary N) is 1. The lowest BCUT2D eigenvalue weighted by Gasteiger charge is -2.13. The summed E-state index contributed by atoms with van der Waals surface area (Å²) >= 11 is 6.27. The molecule has 1 aromatic rings. The van der Waals surface area contributed by atoms with E-state index in [4.69, 9.17) is 26.2 Å². The third-order valence-corrected chi connectivity index (χ3v) is 3.27. The van der Waals surface area contributed by atoms with E-state index in [0.717, 1.165) is 24.9 Å². The summed E-state index contributed by atoms with van der Waals surface area (Å²) in [6, 6.07) is 3.77. The molecule has 4 nitrogen and oxygen atoms in total. The first kappa shape index (κ1) is 16.1. The summed E-state index contributed by atoms with van der Waals surface area (Å²) in [5.41, 5.74) is 0.969. The zero-order chi connectivity index (χ0) is 14.3. The highest BCUT2D eigenvalue weighted by molar-refractivity contribution is 6.33. The fourth-order valence-corrected chi connectivity index (χ4v) is 2.11. The van der Waals surface area contributed by atoms with Crippen molar-refractivity contribution in [2.45, 2.75) is 32.4 Å². The van der Waals surface area contributed by atoms with Crippen LogP contribution in [0.5, 0.6) is 11.5 Å². The van der Waals surface area contributed by atoms with Crippen LogP contribution in [0.15, 0.2) is 12.1 Å². The normalized spacial score (nSPS) is 12.3. The van der Waals surface area contributed by atoms with Crippen LogP contribution in [0.25, 0.3) is 0 Å². The summed E-state index contributed by atoms with van der Waals surface area (Å²) < 4.78 is 10.4. The van der Waals surface area contributed by atoms with Gasteiger partial charge in [0.1, 0.15) is 0 Å². The molecule has 1 aromatic carbocycles. The number of aliphatic hydroxyl groups excluding tert-OH is 1. The second kappa shape index (κ2) is 8.25. The van der Waals surface area contributed by atoms with E-state index in [1.165, 1.54) is 0 Å². The maximum absolute atomic E-state index is 9.16. The van der Waals surface area contributed by atoms with Crippen molar-refractivity contribution in [2.24, 2.45) is 0 Å². The van der Waals surface area contributed by atoms with Gasteiger partial charge in [0.25, 0.3) is 0 Å². The van der Waals surface area contributed by atoms with Crippen molar-refractivity contribution in [1.82, 2.24) is 5.32 Å². The summed E-state index contributed by atoms with van der Waals surface area (Å²) in [6.07, 6.45) is 1.49. The molecule has 2 N–H and O–H groups in total. The van der Waals surface area contributed by atoms with Crippen molar-refractivity contribution in [3.05, 3.63) is 22.7 Å². The smallest absolute Gasteiger partial charge is 0.179 e. The van der Waals surface area contributed by atoms with E-state index in [1.807, 2.05) is 12.1 Å². The molecule has 0 aromatic heterocycles. The molecule has 1 unspecified atom stereocenters. The zero-order valence-electron chi connectivity index (χ0n) is 11.7. The van der Waals surface area contributed by atoms with Gasteiger partial charge in [0.05, 0.1) is 25.3 Å². The molecule has 0 fully saturated rings. The quantitative estimate of drug-likeness (QED) is 0.722. The molecule has 0 heterocycles. The van der Waals surface area contributed by atoms with Crippen LogP contribution in [0.1, 0.15) is 25.3 Å². The van der Waals surface area contributed by atoms with Gasteiger partial charge >= 0.3 is 0 Å². The number of methoxy groups -OCH3 is 2. The Labute approximate surface area is 119 Å². The predicted octanol–water partition coefficient (Wildman–Crippen LogP) is 2.61. The van der Waals surface area contributed by atoms with Crippen LogP contribution in [0.3, 0.4) is 0 Å². The number of benzene rings is 1. The van der Waals surface area contributed by atoms with Crippen molar-refractivity contribution in [3.63, 3.8) is 0 Å². The molecule has 0 aliphatic heterocycles. The third kappa shape index (κ3) is 4.90. The molecule has 1 rings (SSSR count). The first-order chi connectivity index (χ1) is 9.10. The van der Waals surface area contributed by atoms with Crippen LogP contribution in [-0.4, -0.2) is 32.0 Å². The summed E-state index contributed by atoms with van der Waals surface area (Å²) in [7, 11) is 3.16. The number of halogens is 1. The van der Waals surface area contributed by atoms with Crippen LogP contribution in [0, 0.1) is 0 Å². The Morgan fingerprint density at radius 3 is 2.63 bits per heavy atom. The Morgan fingerprint density at radius 1 is 1.32 bits per heavy atom. The molecular formula is C14H22ClNO3. The fourth-order valence-electron chi connectivity index (χ4n) is 1.81. The van der Waals surface area contributed by atoms with Crippen molar-refractivity contribution >= 4 is 11.6 Å². The van der Waals surface area contributed by atoms with Gasteiger partial charge in [-0.15, -0.1) is 0 Å². The van der Waals surface area contributed by atoms with Gasteiger partial charge in [0.15, 0.2) is 11.5 Å². The van der Waals surface area contributed by atoms with Gasteiger partial charge in [-0.05, 0) is 37.9 Å². The minimum Gasteiger partial charge on any atom is -0.493 e. The van der Waals surface area contributed by atoms with Gasteiger partial charge in [-0.1, -0.05) is 17.7 Å². The second-order valence-electron chi connectivity index (χ2n) is 4.44. The van der Waals surface area contributed by atoms with Gasteiger partial charge in [-0.2, -0.15) is 0 Å². The Morgan fingerprint density at radius 2 is 2.05 bits per heavy atom. The van der Waals surface area contributed by atoms with Crippen molar-refractivity contribution in [3.8, 4) is 11.5 Å². The minimum atomic E-state index is -0.244. The van der Waals surface area contributed by atoms with Crippen LogP contribution in [0.4, 0.5) is 0 Å². The lowest BCUT2D eigenvalue weighted by atomic mass is 10.2. The number of hydrogen-bond acceptors (Lipinski definition) is 4. The highest BCUT2D eigenvalue weighted by atomic mass is 35.5. The molecule has 0 saturated carbocycles. The summed E-state index contributed by atoms with van der Waals surface area (Å²) in [6.45, 7) is 3.31. The van der Waals surface area contributed by atoms with Gasteiger partial charge in [0, 0.05) is 6.54 Å². The van der Waals surface area contributed by atoms with E-state index in [1.54, 1.807) is 21.1 Å². The molecular weight excluding hydrogens is 266 g/mol. The molecule has 0 saturated heterocycles. The van der Waals surface area contributed by atoms with E-state index >= 15 is 0 Å². The Balaban J connectivity index is 2.55. The van der Waals surface area contributed by atoms with Crippen LogP contribution in [0.2, 0.25) is 5.02 Å². The molecule has 0 spiro atoms. The van der Waals surface area contributed by atoms with E-state index in [-0.39, 0.29) is 6.10 Å². The van der Waals surface area contributed by atoms with Crippen LogP contribution in [-0.2, 0) is 6.54 Å². The first-order valence-corrected chi connectivity index (χ1v) is 6.76. The Hall–Kier alpha value is -0.970. The fraction of sp³-hybridized carbons (Fsp3) is 0.571. The summed E-state index contributed by atoms with van der Waals surface area (Å²) in [5, 5.41) is 13.0. The molecule has 5 heteroatoms. The molecule has 0 radical (unpaired) electrons.